The number of rotatable bonds is 1. The average molecular weight is 353 g/mol. The summed E-state index contributed by atoms with van der Waals surface area (Å²) in [6.07, 6.45) is 0. The number of hydrogen-bond donors (Lipinski definition) is 0. The largest absolute Gasteiger partial charge is 1.00 e. The summed E-state index contributed by atoms with van der Waals surface area (Å²) in [6, 6.07) is 0. The van der Waals surface area contributed by atoms with E-state index in [1.165, 1.54) is 0 Å². The van der Waals surface area contributed by atoms with Crippen LogP contribution in [-0.4, -0.2) is 14.1 Å². The van der Waals surface area contributed by atoms with Gasteiger partial charge in [-0.2, -0.15) is 0 Å². The van der Waals surface area contributed by atoms with E-state index >= 15 is 0 Å². The monoisotopic (exact) mass is 350 g/mol. The Morgan fingerprint density at radius 3 is 1.36 bits per heavy atom. The zero-order valence-electron chi connectivity index (χ0n) is 4.51. The molecule has 0 saturated heterocycles. The predicted octanol–water partition coefficient (Wildman–Crippen LogP) is 1.28. The maximum atomic E-state index is 10.0. The van der Waals surface area contributed by atoms with Crippen LogP contribution in [0.25, 0.3) is 0 Å². The molecule has 11 heavy (non-hydrogen) atoms. The summed E-state index contributed by atoms with van der Waals surface area (Å²) >= 11 is 25.3. The molecule has 8 heteroatoms. The van der Waals surface area contributed by atoms with Crippen molar-refractivity contribution < 1.29 is 32.3 Å². The van der Waals surface area contributed by atoms with E-state index in [1.807, 2.05) is 0 Å². The normalized spacial score (nSPS) is 12.1. The van der Waals surface area contributed by atoms with E-state index in [2.05, 4.69) is 0 Å². The van der Waals surface area contributed by atoms with Crippen LogP contribution < -0.4 is 5.11 Å². The van der Waals surface area contributed by atoms with Crippen LogP contribution in [0.5, 0.6) is 0 Å². The van der Waals surface area contributed by atoms with Crippen molar-refractivity contribution in [2.24, 2.45) is 0 Å². The van der Waals surface area contributed by atoms with Crippen LogP contribution in [0.15, 0.2) is 0 Å². The van der Waals surface area contributed by atoms with Gasteiger partial charge in [0.25, 0.3) is 0 Å². The third kappa shape index (κ3) is 3.92. The van der Waals surface area contributed by atoms with Crippen molar-refractivity contribution in [1.82, 2.24) is 0 Å². The van der Waals surface area contributed by atoms with Gasteiger partial charge in [0.15, 0.2) is 0 Å². The summed E-state index contributed by atoms with van der Waals surface area (Å²) in [6.45, 7) is 0. The molecule has 70 valence electrons. The van der Waals surface area contributed by atoms with Gasteiger partial charge in [0.2, 0.25) is 8.13 Å². The number of carboxylic acids is 1. The third-order valence-corrected chi connectivity index (χ3v) is 2.92. The van der Waals surface area contributed by atoms with Gasteiger partial charge in [-0.3, -0.25) is 0 Å². The maximum Gasteiger partial charge on any atom is 1.00 e. The molecule has 0 aromatic rings. The topological polar surface area (TPSA) is 40.1 Å². The molecule has 0 fully saturated rings. The standard InChI is InChI=1S/C3HCl5O2.Ag/c4-2(5,1(9)10)3(6,7)8;/h(H,9,10);/q;+1/p-1. The molecule has 0 rings (SSSR count). The molecular formula is C3AgCl5O2. The molecule has 0 radical (unpaired) electrons. The van der Waals surface area contributed by atoms with Gasteiger partial charge < -0.3 is 9.90 Å². The number of hydrogen-bond acceptors (Lipinski definition) is 2. The second-order valence-electron chi connectivity index (χ2n) is 1.36. The molecule has 0 N–H and O–H groups in total. The number of aliphatic carboxylic acids is 1. The average Bonchev–Trinajstić information content (AvgIpc) is 1.62. The zero-order chi connectivity index (χ0) is 8.58. The van der Waals surface area contributed by atoms with Crippen LogP contribution in [-0.2, 0) is 27.2 Å². The fraction of sp³-hybridized carbons (Fsp3) is 0.667. The molecule has 0 aliphatic heterocycles. The van der Waals surface area contributed by atoms with Crippen molar-refractivity contribution in [1.29, 1.82) is 0 Å². The minimum Gasteiger partial charge on any atom is -0.547 e. The molecular weight excluding hydrogens is 353 g/mol. The Morgan fingerprint density at radius 1 is 1.09 bits per heavy atom. The van der Waals surface area contributed by atoms with Crippen LogP contribution >= 0.6 is 58.0 Å². The Balaban J connectivity index is 0. The first-order chi connectivity index (χ1) is 4.19. The molecule has 0 aliphatic rings. The molecule has 0 saturated carbocycles. The van der Waals surface area contributed by atoms with Crippen LogP contribution in [0.1, 0.15) is 0 Å². The first kappa shape index (κ1) is 15.1. The van der Waals surface area contributed by atoms with Crippen LogP contribution in [0, 0.1) is 0 Å². The number of carbonyl (C=O) groups excluding carboxylic acids is 1. The number of halogens is 5. The Bertz CT molecular complexity index is 152. The van der Waals surface area contributed by atoms with Crippen molar-refractivity contribution in [2.75, 3.05) is 0 Å². The number of carboxylic acid groups (broad SMARTS) is 1. The molecule has 0 atom stereocenters. The summed E-state index contributed by atoms with van der Waals surface area (Å²) in [7, 11) is 0. The van der Waals surface area contributed by atoms with Crippen molar-refractivity contribution in [3.8, 4) is 0 Å². The predicted molar refractivity (Wildman–Crippen MR) is 39.7 cm³/mol. The van der Waals surface area contributed by atoms with Crippen molar-refractivity contribution >= 4 is 64.0 Å². The van der Waals surface area contributed by atoms with Crippen molar-refractivity contribution in [2.45, 2.75) is 8.13 Å². The van der Waals surface area contributed by atoms with Gasteiger partial charge in [-0.25, -0.2) is 0 Å². The van der Waals surface area contributed by atoms with Gasteiger partial charge >= 0.3 is 22.4 Å². The molecule has 0 aromatic carbocycles. The van der Waals surface area contributed by atoms with Gasteiger partial charge in [0.1, 0.15) is 0 Å². The maximum absolute atomic E-state index is 10.0. The molecule has 0 bridgehead atoms. The zero-order valence-corrected chi connectivity index (χ0v) is 9.77. The van der Waals surface area contributed by atoms with E-state index in [1.54, 1.807) is 0 Å². The molecule has 0 heterocycles. The van der Waals surface area contributed by atoms with E-state index in [-0.39, 0.29) is 22.4 Å². The summed E-state index contributed by atoms with van der Waals surface area (Å²) < 4.78 is -4.81. The van der Waals surface area contributed by atoms with Crippen LogP contribution in [0.4, 0.5) is 0 Å². The molecule has 0 unspecified atom stereocenters. The van der Waals surface area contributed by atoms with E-state index in [0.29, 0.717) is 0 Å². The van der Waals surface area contributed by atoms with Crippen LogP contribution in [0.2, 0.25) is 0 Å². The van der Waals surface area contributed by atoms with E-state index < -0.39 is 14.1 Å². The van der Waals surface area contributed by atoms with Gasteiger partial charge in [0, 0.05) is 0 Å². The Labute approximate surface area is 104 Å². The first-order valence-electron chi connectivity index (χ1n) is 1.85. The van der Waals surface area contributed by atoms with Gasteiger partial charge in [-0.1, -0.05) is 58.0 Å². The quantitative estimate of drug-likeness (QED) is 0.526. The van der Waals surface area contributed by atoms with Gasteiger partial charge in [-0.05, 0) is 0 Å². The second-order valence-corrected chi connectivity index (χ2v) is 4.97. The SMILES string of the molecule is O=C([O-])C(Cl)(Cl)C(Cl)(Cl)Cl.[Ag+]. The molecule has 0 amide bonds. The number of alkyl halides is 5. The summed E-state index contributed by atoms with van der Waals surface area (Å²) in [5, 5.41) is 10.0. The van der Waals surface area contributed by atoms with Crippen LogP contribution in [0.3, 0.4) is 0 Å². The molecule has 0 spiro atoms. The Kier molecular flexibility index (Phi) is 6.57. The smallest absolute Gasteiger partial charge is 0.547 e. The van der Waals surface area contributed by atoms with Gasteiger partial charge in [-0.15, -0.1) is 0 Å². The minimum absolute atomic E-state index is 0. The Hall–Kier alpha value is 1.66. The second kappa shape index (κ2) is 4.77. The van der Waals surface area contributed by atoms with Crippen molar-refractivity contribution in [3.63, 3.8) is 0 Å². The molecule has 0 aromatic heterocycles. The van der Waals surface area contributed by atoms with E-state index in [4.69, 9.17) is 58.0 Å². The van der Waals surface area contributed by atoms with E-state index in [9.17, 15) is 9.90 Å². The molecule has 2 nitrogen and oxygen atoms in total. The number of carbonyl (C=O) groups is 1. The first-order valence-corrected chi connectivity index (χ1v) is 3.74. The summed E-state index contributed by atoms with van der Waals surface area (Å²) in [4.78, 5) is 10.0. The fourth-order valence-electron chi connectivity index (χ4n) is 0.116. The summed E-state index contributed by atoms with van der Waals surface area (Å²) in [5.74, 6) is -1.85. The van der Waals surface area contributed by atoms with E-state index in [0.717, 1.165) is 0 Å². The fourth-order valence-corrected chi connectivity index (χ4v) is 0.347. The molecule has 0 aliphatic carbocycles. The minimum atomic E-state index is -2.52. The van der Waals surface area contributed by atoms with Crippen molar-refractivity contribution in [3.05, 3.63) is 0 Å². The third-order valence-electron chi connectivity index (χ3n) is 0.612. The van der Waals surface area contributed by atoms with Gasteiger partial charge in [0.05, 0.1) is 5.97 Å². The Morgan fingerprint density at radius 2 is 1.36 bits per heavy atom. The summed E-state index contributed by atoms with van der Waals surface area (Å²) in [5.41, 5.74) is 0.